The molecule has 0 unspecified atom stereocenters. The number of likely N-dealkylation sites (N-methyl/N-ethyl adjacent to an activating group) is 1. The number of imide groups is 1. The fourth-order valence-corrected chi connectivity index (χ4v) is 1.05. The monoisotopic (exact) mass is 171 g/mol. The molecule has 12 heavy (non-hydrogen) atoms. The average molecular weight is 171 g/mol. The largest absolute Gasteiger partial charge is 0.351 e. The molecule has 0 bridgehead atoms. The Morgan fingerprint density at radius 1 is 1.58 bits per heavy atom. The maximum Gasteiger partial charge on any atom is 0.318 e. The standard InChI is InChI=1S/C7H13N3O2/c1-10(5-2-3-5)4-6(11)9-7(8)12/h5H,2-4H2,1H3,(H3,8,9,11,12). The van der Waals surface area contributed by atoms with E-state index >= 15 is 0 Å². The molecule has 0 aromatic carbocycles. The molecule has 1 saturated carbocycles. The van der Waals surface area contributed by atoms with Crippen molar-refractivity contribution in [2.45, 2.75) is 18.9 Å². The maximum absolute atomic E-state index is 10.9. The van der Waals surface area contributed by atoms with Crippen molar-refractivity contribution in [3.63, 3.8) is 0 Å². The summed E-state index contributed by atoms with van der Waals surface area (Å²) in [6.45, 7) is 0.244. The van der Waals surface area contributed by atoms with Gasteiger partial charge in [-0.15, -0.1) is 0 Å². The molecule has 0 aromatic heterocycles. The van der Waals surface area contributed by atoms with Gasteiger partial charge in [-0.05, 0) is 19.9 Å². The lowest BCUT2D eigenvalue weighted by Gasteiger charge is -2.13. The van der Waals surface area contributed by atoms with E-state index in [1.54, 1.807) is 0 Å². The van der Waals surface area contributed by atoms with Crippen LogP contribution in [0.2, 0.25) is 0 Å². The number of primary amides is 1. The number of hydrogen-bond acceptors (Lipinski definition) is 3. The second kappa shape index (κ2) is 3.53. The van der Waals surface area contributed by atoms with Gasteiger partial charge in [0.1, 0.15) is 0 Å². The second-order valence-electron chi connectivity index (χ2n) is 3.06. The number of carbonyl (C=O) groups excluding carboxylic acids is 2. The molecule has 1 aliphatic carbocycles. The number of urea groups is 1. The molecule has 5 heteroatoms. The molecule has 3 amide bonds. The number of amides is 3. The number of nitrogens with one attached hydrogen (secondary N) is 1. The minimum Gasteiger partial charge on any atom is -0.351 e. The minimum absolute atomic E-state index is 0.244. The van der Waals surface area contributed by atoms with E-state index in [1.165, 1.54) is 0 Å². The van der Waals surface area contributed by atoms with Crippen LogP contribution in [0, 0.1) is 0 Å². The summed E-state index contributed by atoms with van der Waals surface area (Å²) in [5, 5.41) is 2.01. The Morgan fingerprint density at radius 2 is 2.17 bits per heavy atom. The molecular formula is C7H13N3O2. The van der Waals surface area contributed by atoms with Crippen molar-refractivity contribution in [1.82, 2.24) is 10.2 Å². The Kier molecular flexibility index (Phi) is 2.65. The zero-order valence-electron chi connectivity index (χ0n) is 7.04. The smallest absolute Gasteiger partial charge is 0.318 e. The van der Waals surface area contributed by atoms with Crippen molar-refractivity contribution in [1.29, 1.82) is 0 Å². The summed E-state index contributed by atoms with van der Waals surface area (Å²) >= 11 is 0. The molecule has 0 radical (unpaired) electrons. The van der Waals surface area contributed by atoms with Crippen LogP contribution in [-0.4, -0.2) is 36.5 Å². The summed E-state index contributed by atoms with van der Waals surface area (Å²) < 4.78 is 0. The summed E-state index contributed by atoms with van der Waals surface area (Å²) in [6.07, 6.45) is 2.28. The topological polar surface area (TPSA) is 75.4 Å². The minimum atomic E-state index is -0.788. The molecule has 1 aliphatic rings. The summed E-state index contributed by atoms with van der Waals surface area (Å²) in [5.41, 5.74) is 4.77. The van der Waals surface area contributed by atoms with Crippen molar-refractivity contribution < 1.29 is 9.59 Å². The number of nitrogens with two attached hydrogens (primary N) is 1. The molecule has 0 atom stereocenters. The second-order valence-corrected chi connectivity index (χ2v) is 3.06. The van der Waals surface area contributed by atoms with E-state index in [9.17, 15) is 9.59 Å². The van der Waals surface area contributed by atoms with Crippen molar-refractivity contribution in [2.24, 2.45) is 5.73 Å². The number of carbonyl (C=O) groups is 2. The average Bonchev–Trinajstić information content (AvgIpc) is 2.63. The van der Waals surface area contributed by atoms with E-state index in [4.69, 9.17) is 5.73 Å². The molecule has 1 fully saturated rings. The zero-order valence-corrected chi connectivity index (χ0v) is 7.04. The van der Waals surface area contributed by atoms with Gasteiger partial charge in [-0.25, -0.2) is 4.79 Å². The van der Waals surface area contributed by atoms with Crippen LogP contribution in [0.5, 0.6) is 0 Å². The molecule has 1 rings (SSSR count). The van der Waals surface area contributed by atoms with Gasteiger partial charge in [0.05, 0.1) is 6.54 Å². The fourth-order valence-electron chi connectivity index (χ4n) is 1.05. The first-order valence-electron chi connectivity index (χ1n) is 3.89. The Morgan fingerprint density at radius 3 is 2.58 bits per heavy atom. The Balaban J connectivity index is 2.20. The van der Waals surface area contributed by atoms with Gasteiger partial charge < -0.3 is 5.73 Å². The molecule has 0 aromatic rings. The van der Waals surface area contributed by atoms with Crippen LogP contribution in [0.4, 0.5) is 4.79 Å². The van der Waals surface area contributed by atoms with Gasteiger partial charge in [-0.2, -0.15) is 0 Å². The third kappa shape index (κ3) is 2.87. The van der Waals surface area contributed by atoms with E-state index in [2.05, 4.69) is 0 Å². The first kappa shape index (κ1) is 8.99. The van der Waals surface area contributed by atoms with Crippen molar-refractivity contribution in [2.75, 3.05) is 13.6 Å². The highest BCUT2D eigenvalue weighted by Crippen LogP contribution is 2.24. The van der Waals surface area contributed by atoms with Gasteiger partial charge in [0.25, 0.3) is 0 Å². The van der Waals surface area contributed by atoms with Crippen LogP contribution in [0.15, 0.2) is 0 Å². The van der Waals surface area contributed by atoms with Crippen LogP contribution in [0.1, 0.15) is 12.8 Å². The molecular weight excluding hydrogens is 158 g/mol. The van der Waals surface area contributed by atoms with Crippen molar-refractivity contribution in [3.05, 3.63) is 0 Å². The Hall–Kier alpha value is -1.10. The summed E-state index contributed by atoms with van der Waals surface area (Å²) in [5.74, 6) is -0.336. The Bertz CT molecular complexity index is 201. The Labute approximate surface area is 70.9 Å². The van der Waals surface area contributed by atoms with Gasteiger partial charge >= 0.3 is 6.03 Å². The highest BCUT2D eigenvalue weighted by molar-refractivity contribution is 5.94. The third-order valence-electron chi connectivity index (χ3n) is 1.83. The summed E-state index contributed by atoms with van der Waals surface area (Å²) in [7, 11) is 1.86. The predicted molar refractivity (Wildman–Crippen MR) is 43.4 cm³/mol. The number of nitrogens with zero attached hydrogens (tertiary/aromatic N) is 1. The molecule has 0 spiro atoms. The highest BCUT2D eigenvalue weighted by atomic mass is 16.2. The third-order valence-corrected chi connectivity index (χ3v) is 1.83. The van der Waals surface area contributed by atoms with E-state index < -0.39 is 6.03 Å². The van der Waals surface area contributed by atoms with Crippen LogP contribution in [0.3, 0.4) is 0 Å². The van der Waals surface area contributed by atoms with Gasteiger partial charge in [0.15, 0.2) is 0 Å². The first-order chi connectivity index (χ1) is 5.59. The first-order valence-corrected chi connectivity index (χ1v) is 3.89. The molecule has 0 aliphatic heterocycles. The van der Waals surface area contributed by atoms with Crippen LogP contribution in [0.25, 0.3) is 0 Å². The van der Waals surface area contributed by atoms with E-state index in [1.807, 2.05) is 17.3 Å². The summed E-state index contributed by atoms with van der Waals surface area (Å²) in [6, 6.07) is -0.271. The lowest BCUT2D eigenvalue weighted by atomic mass is 10.5. The normalized spacial score (nSPS) is 16.2. The molecule has 0 heterocycles. The van der Waals surface area contributed by atoms with Gasteiger partial charge in [0.2, 0.25) is 5.91 Å². The van der Waals surface area contributed by atoms with Crippen molar-refractivity contribution in [3.8, 4) is 0 Å². The SMILES string of the molecule is CN(CC(=O)NC(N)=O)C1CC1. The van der Waals surface area contributed by atoms with Crippen LogP contribution < -0.4 is 11.1 Å². The zero-order chi connectivity index (χ0) is 9.14. The predicted octanol–water partition coefficient (Wildman–Crippen LogP) is -0.724. The van der Waals surface area contributed by atoms with E-state index in [0.717, 1.165) is 12.8 Å². The van der Waals surface area contributed by atoms with Gasteiger partial charge in [-0.1, -0.05) is 0 Å². The fraction of sp³-hybridized carbons (Fsp3) is 0.714. The van der Waals surface area contributed by atoms with E-state index in [0.29, 0.717) is 6.04 Å². The molecule has 5 nitrogen and oxygen atoms in total. The van der Waals surface area contributed by atoms with Crippen LogP contribution in [-0.2, 0) is 4.79 Å². The van der Waals surface area contributed by atoms with E-state index in [-0.39, 0.29) is 12.5 Å². The molecule has 68 valence electrons. The lowest BCUT2D eigenvalue weighted by Crippen LogP contribution is -2.41. The quantitative estimate of drug-likeness (QED) is 0.588. The molecule has 3 N–H and O–H groups in total. The van der Waals surface area contributed by atoms with Crippen LogP contribution >= 0.6 is 0 Å². The van der Waals surface area contributed by atoms with Gasteiger partial charge in [-0.3, -0.25) is 15.0 Å². The molecule has 0 saturated heterocycles. The van der Waals surface area contributed by atoms with Gasteiger partial charge in [0, 0.05) is 6.04 Å². The van der Waals surface area contributed by atoms with Crippen molar-refractivity contribution >= 4 is 11.9 Å². The summed E-state index contributed by atoms with van der Waals surface area (Å²) in [4.78, 5) is 23.1. The lowest BCUT2D eigenvalue weighted by molar-refractivity contribution is -0.120. The maximum atomic E-state index is 10.9. The number of hydrogen-bond donors (Lipinski definition) is 2. The number of rotatable bonds is 3. The highest BCUT2D eigenvalue weighted by Gasteiger charge is 2.27.